The van der Waals surface area contributed by atoms with Crippen LogP contribution in [0.15, 0.2) is 27.7 Å². The summed E-state index contributed by atoms with van der Waals surface area (Å²) in [7, 11) is -1.89. The van der Waals surface area contributed by atoms with Crippen molar-refractivity contribution in [2.45, 2.75) is 30.7 Å². The zero-order valence-electron chi connectivity index (χ0n) is 14.0. The Balaban J connectivity index is 1.70. The molecule has 25 heavy (non-hydrogen) atoms. The Kier molecular flexibility index (Phi) is 3.97. The molecule has 5 heterocycles. The first kappa shape index (κ1) is 16.7. The average Bonchev–Trinajstić information content (AvgIpc) is 3.15. The molecule has 134 valence electrons. The molecule has 3 aliphatic rings. The Morgan fingerprint density at radius 3 is 2.84 bits per heavy atom. The van der Waals surface area contributed by atoms with Crippen LogP contribution in [0.2, 0.25) is 0 Å². The van der Waals surface area contributed by atoms with Crippen molar-refractivity contribution >= 4 is 27.3 Å². The fraction of sp³-hybridized carbons (Fsp3) is 0.500. The zero-order chi connectivity index (χ0) is 17.8. The van der Waals surface area contributed by atoms with Gasteiger partial charge < -0.3 is 9.42 Å². The highest BCUT2D eigenvalue weighted by atomic mass is 32.2. The summed E-state index contributed by atoms with van der Waals surface area (Å²) in [6, 6.07) is 3.31. The Hall–Kier alpha value is -1.71. The number of likely N-dealkylation sites (N-methyl/N-ethyl adjacent to an activating group) is 1. The zero-order valence-corrected chi connectivity index (χ0v) is 15.6. The average molecular weight is 381 g/mol. The minimum absolute atomic E-state index is 0.0475. The molecule has 0 spiro atoms. The number of thiophene rings is 1. The van der Waals surface area contributed by atoms with Gasteiger partial charge in [0.15, 0.2) is 5.76 Å². The normalized spacial score (nSPS) is 24.7. The molecule has 3 aliphatic heterocycles. The van der Waals surface area contributed by atoms with Crippen molar-refractivity contribution in [3.8, 4) is 10.6 Å². The molecule has 2 aromatic heterocycles. The summed E-state index contributed by atoms with van der Waals surface area (Å²) in [6.45, 7) is 2.41. The van der Waals surface area contributed by atoms with Gasteiger partial charge in [0.05, 0.1) is 21.9 Å². The monoisotopic (exact) mass is 381 g/mol. The van der Waals surface area contributed by atoms with Gasteiger partial charge in [-0.05, 0) is 25.8 Å². The van der Waals surface area contributed by atoms with Gasteiger partial charge in [-0.25, -0.2) is 8.42 Å². The number of piperidine rings is 1. The molecule has 1 amide bonds. The molecule has 0 aromatic carbocycles. The molecule has 0 saturated carbocycles. The molecule has 0 aliphatic carbocycles. The Labute approximate surface area is 150 Å². The summed E-state index contributed by atoms with van der Waals surface area (Å²) in [5, 5.41) is 3.68. The molecule has 0 radical (unpaired) electrons. The lowest BCUT2D eigenvalue weighted by Gasteiger charge is -2.32. The van der Waals surface area contributed by atoms with Crippen molar-refractivity contribution in [1.29, 1.82) is 0 Å². The van der Waals surface area contributed by atoms with E-state index in [1.807, 2.05) is 0 Å². The minimum Gasteiger partial charge on any atom is -0.355 e. The second-order valence-electron chi connectivity index (χ2n) is 6.61. The minimum atomic E-state index is -3.66. The maximum Gasteiger partial charge on any atom is 0.244 e. The second-order valence-corrected chi connectivity index (χ2v) is 9.77. The molecule has 3 fully saturated rings. The van der Waals surface area contributed by atoms with Crippen LogP contribution in [0.4, 0.5) is 0 Å². The first-order valence-corrected chi connectivity index (χ1v) is 10.4. The number of sulfonamides is 1. The topological polar surface area (TPSA) is 83.7 Å². The Morgan fingerprint density at radius 1 is 1.32 bits per heavy atom. The van der Waals surface area contributed by atoms with Crippen molar-refractivity contribution in [3.63, 3.8) is 0 Å². The van der Waals surface area contributed by atoms with Crippen molar-refractivity contribution in [3.05, 3.63) is 23.2 Å². The van der Waals surface area contributed by atoms with Gasteiger partial charge in [-0.1, -0.05) is 5.16 Å². The van der Waals surface area contributed by atoms with Crippen LogP contribution in [-0.4, -0.2) is 54.9 Å². The van der Waals surface area contributed by atoms with Gasteiger partial charge in [-0.15, -0.1) is 11.3 Å². The number of hydrogen-bond acceptors (Lipinski definition) is 6. The molecule has 5 rings (SSSR count). The molecule has 9 heteroatoms. The van der Waals surface area contributed by atoms with Crippen LogP contribution in [0, 0.1) is 12.8 Å². The van der Waals surface area contributed by atoms with Crippen molar-refractivity contribution in [2.24, 2.45) is 5.92 Å². The maximum absolute atomic E-state index is 13.2. The van der Waals surface area contributed by atoms with E-state index in [9.17, 15) is 13.2 Å². The van der Waals surface area contributed by atoms with Crippen LogP contribution in [0.1, 0.15) is 17.7 Å². The number of aryl methyl sites for hydroxylation is 1. The van der Waals surface area contributed by atoms with Gasteiger partial charge >= 0.3 is 0 Å². The van der Waals surface area contributed by atoms with Crippen LogP contribution in [-0.2, 0) is 14.8 Å². The molecular formula is C16H19N3O4S2. The molecule has 0 unspecified atom stereocenters. The summed E-state index contributed by atoms with van der Waals surface area (Å²) in [5.74, 6) is 0.366. The molecule has 2 aromatic rings. The van der Waals surface area contributed by atoms with E-state index in [0.29, 0.717) is 22.1 Å². The van der Waals surface area contributed by atoms with Gasteiger partial charge in [0, 0.05) is 37.1 Å². The molecular weight excluding hydrogens is 362 g/mol. The quantitative estimate of drug-likeness (QED) is 0.811. The second kappa shape index (κ2) is 5.93. The smallest absolute Gasteiger partial charge is 0.244 e. The van der Waals surface area contributed by atoms with Gasteiger partial charge in [0.25, 0.3) is 0 Å². The Bertz CT molecular complexity index is 904. The van der Waals surface area contributed by atoms with Gasteiger partial charge in [0.1, 0.15) is 0 Å². The van der Waals surface area contributed by atoms with E-state index in [-0.39, 0.29) is 24.4 Å². The standard InChI is InChI=1S/C16H19N3O4S2/c1-10-15(7-14(24-10)13-5-6-17-23-13)25(21,22)19-8-11-3-4-12(9-19)18(2)16(11)20/h5-7,11-12H,3-4,8-9H2,1-2H3/t11-,12+/m0/s1. The predicted octanol–water partition coefficient (Wildman–Crippen LogP) is 1.95. The number of fused-ring (bicyclic) bond motifs is 4. The third-order valence-corrected chi connectivity index (χ3v) is 8.25. The highest BCUT2D eigenvalue weighted by Gasteiger charge is 2.43. The lowest BCUT2D eigenvalue weighted by molar-refractivity contribution is -0.138. The van der Waals surface area contributed by atoms with E-state index in [1.165, 1.54) is 21.8 Å². The van der Waals surface area contributed by atoms with Crippen molar-refractivity contribution in [2.75, 3.05) is 20.1 Å². The van der Waals surface area contributed by atoms with Crippen LogP contribution < -0.4 is 0 Å². The number of rotatable bonds is 3. The van der Waals surface area contributed by atoms with Crippen LogP contribution in [0.25, 0.3) is 10.6 Å². The van der Waals surface area contributed by atoms with Crippen molar-refractivity contribution < 1.29 is 17.7 Å². The number of aromatic nitrogens is 1. The lowest BCUT2D eigenvalue weighted by atomic mass is 9.95. The van der Waals surface area contributed by atoms with Crippen LogP contribution in [0.3, 0.4) is 0 Å². The number of amides is 1. The number of hydrogen-bond donors (Lipinski definition) is 0. The van der Waals surface area contributed by atoms with E-state index in [4.69, 9.17) is 4.52 Å². The van der Waals surface area contributed by atoms with Crippen LogP contribution in [0.5, 0.6) is 0 Å². The van der Waals surface area contributed by atoms with Gasteiger partial charge in [0.2, 0.25) is 15.9 Å². The van der Waals surface area contributed by atoms with E-state index < -0.39 is 10.0 Å². The van der Waals surface area contributed by atoms with Crippen molar-refractivity contribution in [1.82, 2.24) is 14.4 Å². The molecule has 0 N–H and O–H groups in total. The maximum atomic E-state index is 13.2. The van der Waals surface area contributed by atoms with E-state index in [1.54, 1.807) is 31.0 Å². The van der Waals surface area contributed by atoms with E-state index in [0.717, 1.165) is 17.7 Å². The Morgan fingerprint density at radius 2 is 2.12 bits per heavy atom. The third kappa shape index (κ3) is 2.70. The molecule has 3 saturated heterocycles. The summed E-state index contributed by atoms with van der Waals surface area (Å²) in [6.07, 6.45) is 3.14. The third-order valence-electron chi connectivity index (χ3n) is 5.10. The summed E-state index contributed by atoms with van der Waals surface area (Å²) in [5.41, 5.74) is 0. The summed E-state index contributed by atoms with van der Waals surface area (Å²) >= 11 is 1.37. The summed E-state index contributed by atoms with van der Waals surface area (Å²) < 4.78 is 33.1. The first-order chi connectivity index (χ1) is 11.9. The number of nitrogens with zero attached hydrogens (tertiary/aromatic N) is 3. The van der Waals surface area contributed by atoms with E-state index in [2.05, 4.69) is 5.16 Å². The number of carbonyl (C=O) groups excluding carboxylic acids is 1. The molecule has 2 atom stereocenters. The SMILES string of the molecule is Cc1sc(-c2ccno2)cc1S(=O)(=O)N1C[C@@H]2CC[C@H](C1)N(C)C2=O. The van der Waals surface area contributed by atoms with Crippen LogP contribution >= 0.6 is 11.3 Å². The highest BCUT2D eigenvalue weighted by Crippen LogP contribution is 2.37. The fourth-order valence-electron chi connectivity index (χ4n) is 3.64. The van der Waals surface area contributed by atoms with Gasteiger partial charge in [-0.3, -0.25) is 4.79 Å². The van der Waals surface area contributed by atoms with Gasteiger partial charge in [-0.2, -0.15) is 4.31 Å². The van der Waals surface area contributed by atoms with E-state index >= 15 is 0 Å². The molecule has 7 nitrogen and oxygen atoms in total. The fourth-order valence-corrected chi connectivity index (χ4v) is 6.68. The molecule has 2 bridgehead atoms. The first-order valence-electron chi connectivity index (χ1n) is 8.16. The summed E-state index contributed by atoms with van der Waals surface area (Å²) in [4.78, 5) is 15.8. The largest absolute Gasteiger partial charge is 0.355 e. The predicted molar refractivity (Wildman–Crippen MR) is 92.6 cm³/mol. The lowest BCUT2D eigenvalue weighted by Crippen LogP contribution is -2.45. The number of carbonyl (C=O) groups is 1. The highest BCUT2D eigenvalue weighted by molar-refractivity contribution is 7.89.